The van der Waals surface area contributed by atoms with E-state index < -0.39 is 69.6 Å². The number of unbranched alkanes of at least 4 members (excludes halogenated alkanes) is 2. The number of aryl methyl sites for hydroxylation is 4. The first-order chi connectivity index (χ1) is 21.5. The summed E-state index contributed by atoms with van der Waals surface area (Å²) in [5.74, 6) is -62.2. The van der Waals surface area contributed by atoms with Crippen molar-refractivity contribution in [1.29, 1.82) is 0 Å². The lowest BCUT2D eigenvalue weighted by Crippen LogP contribution is -2.74. The summed E-state index contributed by atoms with van der Waals surface area (Å²) in [7, 11) is 0. The van der Waals surface area contributed by atoms with E-state index in [2.05, 4.69) is 0 Å². The molecule has 2 aromatic rings. The largest absolute Gasteiger partial charge is 0.398 e. The summed E-state index contributed by atoms with van der Waals surface area (Å²) in [6.45, 7) is 4.97. The lowest BCUT2D eigenvalue weighted by molar-refractivity contribution is -0.456. The molecule has 2 nitrogen and oxygen atoms in total. The molecule has 18 heteroatoms. The molecule has 2 aromatic carbocycles. The topological polar surface area (TPSA) is 52.0 Å². The Hall–Kier alpha value is -3.08. The number of alkyl halides is 16. The summed E-state index contributed by atoms with van der Waals surface area (Å²) >= 11 is 0. The van der Waals surface area contributed by atoms with Crippen molar-refractivity contribution in [3.8, 4) is 0 Å². The Morgan fingerprint density at radius 2 is 0.688 bits per heavy atom. The number of nitrogen functional groups attached to an aromatic ring is 2. The molecule has 0 spiro atoms. The van der Waals surface area contributed by atoms with Crippen molar-refractivity contribution < 1.29 is 70.2 Å². The van der Waals surface area contributed by atoms with Crippen molar-refractivity contribution in [2.24, 2.45) is 0 Å². The molecule has 0 atom stereocenters. The van der Waals surface area contributed by atoms with Crippen molar-refractivity contribution in [3.63, 3.8) is 0 Å². The first kappa shape index (κ1) is 41.1. The molecule has 0 fully saturated rings. The van der Waals surface area contributed by atoms with Crippen LogP contribution in [0.5, 0.6) is 0 Å². The molecule has 0 saturated heterocycles. The predicted octanol–water partition coefficient (Wildman–Crippen LogP) is 10.8. The fourth-order valence-electron chi connectivity index (χ4n) is 4.80. The van der Waals surface area contributed by atoms with Crippen LogP contribution in [-0.4, -0.2) is 35.5 Å². The molecule has 0 saturated carbocycles. The Morgan fingerprint density at radius 3 is 0.938 bits per heavy atom. The van der Waals surface area contributed by atoms with E-state index in [1.165, 1.54) is 0 Å². The highest BCUT2D eigenvalue weighted by Gasteiger charge is 2.95. The van der Waals surface area contributed by atoms with Gasteiger partial charge in [-0.1, -0.05) is 26.7 Å². The van der Waals surface area contributed by atoms with Crippen LogP contribution >= 0.6 is 0 Å². The van der Waals surface area contributed by atoms with E-state index in [-0.39, 0.29) is 72.5 Å². The van der Waals surface area contributed by atoms with Crippen LogP contribution in [0.25, 0.3) is 0 Å². The lowest BCUT2D eigenvalue weighted by atomic mass is 9.84. The third-order valence-electron chi connectivity index (χ3n) is 8.03. The fraction of sp³-hybridized carbons (Fsp3) is 0.600. The van der Waals surface area contributed by atoms with Gasteiger partial charge in [0.25, 0.3) is 0 Å². The van der Waals surface area contributed by atoms with E-state index in [4.69, 9.17) is 11.5 Å². The molecule has 0 radical (unpaired) electrons. The molecule has 274 valence electrons. The van der Waals surface area contributed by atoms with E-state index in [1.54, 1.807) is 13.8 Å². The summed E-state index contributed by atoms with van der Waals surface area (Å²) in [6, 6.07) is 0.172. The average Bonchev–Trinajstić information content (AvgIpc) is 2.97. The molecule has 2 rings (SSSR count). The maximum Gasteiger partial charge on any atom is 0.385 e. The third kappa shape index (κ3) is 6.02. The smallest absolute Gasteiger partial charge is 0.385 e. The zero-order chi connectivity index (χ0) is 37.7. The molecule has 4 N–H and O–H groups in total. The quantitative estimate of drug-likeness (QED) is 0.142. The maximum atomic E-state index is 15.0. The van der Waals surface area contributed by atoms with Crippen LogP contribution in [0.1, 0.15) is 72.9 Å². The monoisotopic (exact) mass is 724 g/mol. The third-order valence-corrected chi connectivity index (χ3v) is 8.03. The normalized spacial score (nSPS) is 14.5. The summed E-state index contributed by atoms with van der Waals surface area (Å²) in [5.41, 5.74) is 4.55. The first-order valence-electron chi connectivity index (χ1n) is 14.3. The minimum Gasteiger partial charge on any atom is -0.398 e. The van der Waals surface area contributed by atoms with Gasteiger partial charge in [-0.3, -0.25) is 0 Å². The predicted molar refractivity (Wildman–Crippen MR) is 146 cm³/mol. The van der Waals surface area contributed by atoms with E-state index >= 15 is 0 Å². The van der Waals surface area contributed by atoms with Crippen LogP contribution in [-0.2, 0) is 24.7 Å². The highest BCUT2D eigenvalue weighted by atomic mass is 19.4. The van der Waals surface area contributed by atoms with Gasteiger partial charge in [0, 0.05) is 22.5 Å². The van der Waals surface area contributed by atoms with E-state index in [9.17, 15) is 70.2 Å². The molecule has 0 aromatic heterocycles. The van der Waals surface area contributed by atoms with E-state index in [1.807, 2.05) is 0 Å². The molecule has 0 aliphatic rings. The van der Waals surface area contributed by atoms with Crippen LogP contribution in [0, 0.1) is 13.8 Å². The molecule has 0 unspecified atom stereocenters. The summed E-state index contributed by atoms with van der Waals surface area (Å²) in [6.07, 6.45) is 0.521. The number of rotatable bonds is 15. The van der Waals surface area contributed by atoms with Gasteiger partial charge in [-0.15, -0.1) is 0 Å². The van der Waals surface area contributed by atoms with Crippen LogP contribution in [0.15, 0.2) is 24.3 Å². The van der Waals surface area contributed by atoms with Crippen LogP contribution in [0.3, 0.4) is 0 Å². The van der Waals surface area contributed by atoms with Crippen LogP contribution < -0.4 is 11.5 Å². The molecule has 0 bridgehead atoms. The minimum absolute atomic E-state index is 0.0116. The van der Waals surface area contributed by atoms with Crippen LogP contribution in [0.2, 0.25) is 0 Å². The fourth-order valence-corrected chi connectivity index (χ4v) is 4.80. The molecule has 0 amide bonds. The Morgan fingerprint density at radius 1 is 0.438 bits per heavy atom. The molecule has 0 aliphatic carbocycles. The van der Waals surface area contributed by atoms with Crippen LogP contribution in [0.4, 0.5) is 81.6 Å². The van der Waals surface area contributed by atoms with Gasteiger partial charge in [0.15, 0.2) is 0 Å². The maximum absolute atomic E-state index is 15.0. The van der Waals surface area contributed by atoms with Gasteiger partial charge in [-0.25, -0.2) is 0 Å². The number of nitrogens with two attached hydrogens (primary N) is 2. The highest BCUT2D eigenvalue weighted by Crippen LogP contribution is 2.66. The molecular weight excluding hydrogens is 692 g/mol. The zero-order valence-corrected chi connectivity index (χ0v) is 25.8. The number of halogens is 16. The molecule has 0 heterocycles. The Kier molecular flexibility index (Phi) is 11.1. The van der Waals surface area contributed by atoms with E-state index in [0.717, 1.165) is 13.8 Å². The Labute approximate surface area is 264 Å². The van der Waals surface area contributed by atoms with E-state index in [0.29, 0.717) is 12.8 Å². The number of anilines is 2. The summed E-state index contributed by atoms with van der Waals surface area (Å²) < 4.78 is 236. The standard InChI is InChI=1S/C30H32F16N2/c1-5-7-9-17-13-19(11-15(3)21(17)47)23(31,32)25(35,36)27(39,40)29(43,44)30(45,46)28(41,42)26(37,38)24(33,34)20-12-16(4)22(48)18(14-20)10-8-6-2/h11-14H,5-10,47-48H2,1-4H3. The van der Waals surface area contributed by atoms with Gasteiger partial charge in [0.1, 0.15) is 0 Å². The number of hydrogen-bond donors (Lipinski definition) is 2. The van der Waals surface area contributed by atoms with Gasteiger partial charge < -0.3 is 11.5 Å². The lowest BCUT2D eigenvalue weighted by Gasteiger charge is -2.44. The number of benzene rings is 2. The highest BCUT2D eigenvalue weighted by molar-refractivity contribution is 5.57. The first-order valence-corrected chi connectivity index (χ1v) is 14.3. The second kappa shape index (κ2) is 13.0. The van der Waals surface area contributed by atoms with Crippen molar-refractivity contribution in [2.75, 3.05) is 11.5 Å². The van der Waals surface area contributed by atoms with Gasteiger partial charge in [-0.05, 0) is 86.1 Å². The Bertz CT molecular complexity index is 1360. The van der Waals surface area contributed by atoms with Gasteiger partial charge in [-0.2, -0.15) is 70.2 Å². The van der Waals surface area contributed by atoms with Gasteiger partial charge in [0.05, 0.1) is 0 Å². The number of hydrogen-bond acceptors (Lipinski definition) is 2. The second-order valence-corrected chi connectivity index (χ2v) is 11.5. The molecule has 0 aliphatic heterocycles. The SMILES string of the molecule is CCCCc1cc(C(F)(F)C(F)(F)C(F)(F)C(F)(F)C(F)(F)C(F)(F)C(F)(F)C(F)(F)c2cc(C)c(N)c(CCCC)c2)cc(C)c1N. The zero-order valence-electron chi connectivity index (χ0n) is 25.8. The van der Waals surface area contributed by atoms with Gasteiger partial charge >= 0.3 is 47.4 Å². The minimum atomic E-state index is -8.52. The van der Waals surface area contributed by atoms with Crippen molar-refractivity contribution in [3.05, 3.63) is 57.6 Å². The van der Waals surface area contributed by atoms with Gasteiger partial charge in [0.2, 0.25) is 0 Å². The summed E-state index contributed by atoms with van der Waals surface area (Å²) in [5, 5.41) is 0. The molecule has 48 heavy (non-hydrogen) atoms. The summed E-state index contributed by atoms with van der Waals surface area (Å²) in [4.78, 5) is 0. The van der Waals surface area contributed by atoms with Crippen molar-refractivity contribution in [2.45, 2.75) is 114 Å². The van der Waals surface area contributed by atoms with Crippen molar-refractivity contribution >= 4 is 11.4 Å². The molecular formula is C30H32F16N2. The Balaban J connectivity index is 2.72. The van der Waals surface area contributed by atoms with Crippen molar-refractivity contribution in [1.82, 2.24) is 0 Å². The second-order valence-electron chi connectivity index (χ2n) is 11.5. The average molecular weight is 725 g/mol.